The summed E-state index contributed by atoms with van der Waals surface area (Å²) in [5, 5.41) is 3.07. The summed E-state index contributed by atoms with van der Waals surface area (Å²) in [5.41, 5.74) is 2.93. The van der Waals surface area contributed by atoms with Gasteiger partial charge in [-0.2, -0.15) is 0 Å². The van der Waals surface area contributed by atoms with Crippen LogP contribution in [0, 0.1) is 0 Å². The van der Waals surface area contributed by atoms with Crippen molar-refractivity contribution in [3.05, 3.63) is 76.7 Å². The van der Waals surface area contributed by atoms with Crippen LogP contribution in [0.5, 0.6) is 0 Å². The van der Waals surface area contributed by atoms with Crippen LogP contribution in [0.2, 0.25) is 0 Å². The third kappa shape index (κ3) is 4.64. The first-order valence-corrected chi connectivity index (χ1v) is 9.57. The summed E-state index contributed by atoms with van der Waals surface area (Å²) in [6.45, 7) is 1.93. The number of rotatable bonds is 6. The van der Waals surface area contributed by atoms with E-state index in [0.717, 1.165) is 27.1 Å². The minimum absolute atomic E-state index is 0.0553. The molecule has 3 rings (SSSR count). The van der Waals surface area contributed by atoms with Gasteiger partial charge >= 0.3 is 0 Å². The van der Waals surface area contributed by atoms with Crippen molar-refractivity contribution < 1.29 is 4.79 Å². The van der Waals surface area contributed by atoms with Gasteiger partial charge < -0.3 is 10.3 Å². The summed E-state index contributed by atoms with van der Waals surface area (Å²) in [4.78, 5) is 22.5. The van der Waals surface area contributed by atoms with Gasteiger partial charge in [-0.25, -0.2) is 4.98 Å². The fourth-order valence-corrected chi connectivity index (χ4v) is 3.28. The predicted octanol–water partition coefficient (Wildman–Crippen LogP) is 4.32. The third-order valence-electron chi connectivity index (χ3n) is 4.40. The monoisotopic (exact) mass is 426 g/mol. The molecule has 2 aromatic carbocycles. The number of nitrogens with zero attached hydrogens (tertiary/aromatic N) is 2. The van der Waals surface area contributed by atoms with Crippen LogP contribution in [0.4, 0.5) is 0 Å². The van der Waals surface area contributed by atoms with Crippen molar-refractivity contribution >= 4 is 21.8 Å². The Bertz CT molecular complexity index is 890. The largest absolute Gasteiger partial charge is 0.345 e. The number of likely N-dealkylation sites (N-methyl/N-ethyl adjacent to an activating group) is 1. The van der Waals surface area contributed by atoms with Crippen LogP contribution in [0.15, 0.2) is 65.3 Å². The molecule has 1 amide bonds. The number of carbonyl (C=O) groups excluding carboxylic acids is 1. The van der Waals surface area contributed by atoms with Gasteiger partial charge in [0.2, 0.25) is 5.91 Å². The third-order valence-corrected chi connectivity index (χ3v) is 4.93. The molecule has 2 atom stereocenters. The average molecular weight is 427 g/mol. The Morgan fingerprint density at radius 2 is 1.78 bits per heavy atom. The van der Waals surface area contributed by atoms with Gasteiger partial charge in [0.25, 0.3) is 0 Å². The van der Waals surface area contributed by atoms with Gasteiger partial charge in [-0.1, -0.05) is 58.4 Å². The van der Waals surface area contributed by atoms with Crippen molar-refractivity contribution in [3.63, 3.8) is 0 Å². The van der Waals surface area contributed by atoms with E-state index in [-0.39, 0.29) is 18.0 Å². The van der Waals surface area contributed by atoms with Gasteiger partial charge in [0.15, 0.2) is 0 Å². The summed E-state index contributed by atoms with van der Waals surface area (Å²) in [7, 11) is 3.81. The van der Waals surface area contributed by atoms with Gasteiger partial charge in [-0.15, -0.1) is 0 Å². The number of aromatic nitrogens is 2. The number of imidazole rings is 1. The van der Waals surface area contributed by atoms with E-state index in [4.69, 9.17) is 0 Å². The maximum Gasteiger partial charge on any atom is 0.242 e. The second-order valence-electron chi connectivity index (χ2n) is 6.70. The second kappa shape index (κ2) is 8.50. The molecule has 140 valence electrons. The van der Waals surface area contributed by atoms with E-state index < -0.39 is 0 Å². The summed E-state index contributed by atoms with van der Waals surface area (Å²) >= 11 is 3.44. The molecule has 0 aliphatic carbocycles. The standard InChI is InChI=1S/C21H23BrN4O/c1-14(20-23-13-18(25-20)15-9-11-17(22)12-10-15)24-21(27)19(26(2)3)16-7-5-4-6-8-16/h4-14,19H,1-3H3,(H,23,25)(H,24,27). The van der Waals surface area contributed by atoms with Gasteiger partial charge in [-0.05, 0) is 44.3 Å². The molecule has 0 radical (unpaired) electrons. The van der Waals surface area contributed by atoms with Gasteiger partial charge in [0.05, 0.1) is 17.9 Å². The molecule has 6 heteroatoms. The molecule has 0 aliphatic heterocycles. The summed E-state index contributed by atoms with van der Waals surface area (Å²) in [5.74, 6) is 0.673. The normalized spacial score (nSPS) is 13.4. The molecule has 27 heavy (non-hydrogen) atoms. The highest BCUT2D eigenvalue weighted by Gasteiger charge is 2.25. The maximum absolute atomic E-state index is 12.9. The van der Waals surface area contributed by atoms with Gasteiger partial charge in [0, 0.05) is 4.47 Å². The lowest BCUT2D eigenvalue weighted by Crippen LogP contribution is -2.38. The lowest BCUT2D eigenvalue weighted by Gasteiger charge is -2.25. The van der Waals surface area contributed by atoms with Crippen LogP contribution >= 0.6 is 15.9 Å². The summed E-state index contributed by atoms with van der Waals surface area (Å²) in [6.07, 6.45) is 1.79. The molecular weight excluding hydrogens is 404 g/mol. The van der Waals surface area contributed by atoms with E-state index in [2.05, 4.69) is 31.2 Å². The number of halogens is 1. The molecule has 0 spiro atoms. The van der Waals surface area contributed by atoms with E-state index in [1.165, 1.54) is 0 Å². The molecule has 0 bridgehead atoms. The number of aromatic amines is 1. The van der Waals surface area contributed by atoms with E-state index in [0.29, 0.717) is 0 Å². The molecule has 0 saturated heterocycles. The molecule has 2 unspecified atom stereocenters. The van der Waals surface area contributed by atoms with Crippen LogP contribution < -0.4 is 5.32 Å². The number of hydrogen-bond donors (Lipinski definition) is 2. The van der Waals surface area contributed by atoms with Crippen LogP contribution in [0.3, 0.4) is 0 Å². The lowest BCUT2D eigenvalue weighted by molar-refractivity contribution is -0.126. The Hall–Kier alpha value is -2.44. The van der Waals surface area contributed by atoms with Crippen LogP contribution in [0.1, 0.15) is 30.4 Å². The molecule has 0 aliphatic rings. The first-order valence-electron chi connectivity index (χ1n) is 8.78. The van der Waals surface area contributed by atoms with Crippen molar-refractivity contribution in [2.75, 3.05) is 14.1 Å². The number of amides is 1. The van der Waals surface area contributed by atoms with Crippen molar-refractivity contribution in [2.24, 2.45) is 0 Å². The molecule has 5 nitrogen and oxygen atoms in total. The number of benzene rings is 2. The Kier molecular flexibility index (Phi) is 6.08. The maximum atomic E-state index is 12.9. The fraction of sp³-hybridized carbons (Fsp3) is 0.238. The first-order chi connectivity index (χ1) is 13.0. The number of nitrogens with one attached hydrogen (secondary N) is 2. The summed E-state index contributed by atoms with van der Waals surface area (Å²) in [6, 6.07) is 17.2. The highest BCUT2D eigenvalue weighted by atomic mass is 79.9. The molecule has 2 N–H and O–H groups in total. The zero-order chi connectivity index (χ0) is 19.4. The van der Waals surface area contributed by atoms with Gasteiger partial charge in [0.1, 0.15) is 11.9 Å². The summed E-state index contributed by atoms with van der Waals surface area (Å²) < 4.78 is 1.03. The van der Waals surface area contributed by atoms with Crippen molar-refractivity contribution in [2.45, 2.75) is 19.0 Å². The topological polar surface area (TPSA) is 61.0 Å². The lowest BCUT2D eigenvalue weighted by atomic mass is 10.0. The SMILES string of the molecule is CC(NC(=O)C(c1ccccc1)N(C)C)c1ncc(-c2ccc(Br)cc2)[nH]1. The number of hydrogen-bond acceptors (Lipinski definition) is 3. The van der Waals surface area contributed by atoms with Crippen molar-refractivity contribution in [1.82, 2.24) is 20.2 Å². The quantitative estimate of drug-likeness (QED) is 0.616. The van der Waals surface area contributed by atoms with Crippen LogP contribution in [0.25, 0.3) is 11.3 Å². The smallest absolute Gasteiger partial charge is 0.242 e. The molecule has 1 aromatic heterocycles. The fourth-order valence-electron chi connectivity index (χ4n) is 3.01. The number of carbonyl (C=O) groups is 1. The molecular formula is C21H23BrN4O. The van der Waals surface area contributed by atoms with E-state index in [1.54, 1.807) is 6.20 Å². The molecule has 1 heterocycles. The minimum Gasteiger partial charge on any atom is -0.345 e. The Labute approximate surface area is 168 Å². The molecule has 3 aromatic rings. The van der Waals surface area contributed by atoms with Gasteiger partial charge in [-0.3, -0.25) is 9.69 Å². The average Bonchev–Trinajstić information content (AvgIpc) is 3.13. The van der Waals surface area contributed by atoms with E-state index in [9.17, 15) is 4.79 Å². The van der Waals surface area contributed by atoms with Crippen LogP contribution in [-0.4, -0.2) is 34.9 Å². The molecule has 0 fully saturated rings. The van der Waals surface area contributed by atoms with Crippen molar-refractivity contribution in [1.29, 1.82) is 0 Å². The van der Waals surface area contributed by atoms with Crippen molar-refractivity contribution in [3.8, 4) is 11.3 Å². The Morgan fingerprint density at radius 3 is 2.41 bits per heavy atom. The van der Waals surface area contributed by atoms with E-state index in [1.807, 2.05) is 80.5 Å². The minimum atomic E-state index is -0.352. The zero-order valence-corrected chi connectivity index (χ0v) is 17.2. The Morgan fingerprint density at radius 1 is 1.11 bits per heavy atom. The second-order valence-corrected chi connectivity index (χ2v) is 7.61. The highest BCUT2D eigenvalue weighted by molar-refractivity contribution is 9.10. The van der Waals surface area contributed by atoms with Crippen LogP contribution in [-0.2, 0) is 4.79 Å². The van der Waals surface area contributed by atoms with E-state index >= 15 is 0 Å². The predicted molar refractivity (Wildman–Crippen MR) is 111 cm³/mol. The first kappa shape index (κ1) is 19.3. The molecule has 0 saturated carbocycles. The number of H-pyrrole nitrogens is 1. The zero-order valence-electron chi connectivity index (χ0n) is 15.6. The highest BCUT2D eigenvalue weighted by Crippen LogP contribution is 2.23. The Balaban J connectivity index is 1.73.